The highest BCUT2D eigenvalue weighted by Crippen LogP contribution is 2.27. The predicted octanol–water partition coefficient (Wildman–Crippen LogP) is 2.53. The van der Waals surface area contributed by atoms with Gasteiger partial charge in [-0.2, -0.15) is 0 Å². The molecule has 1 N–H and O–H groups in total. The third kappa shape index (κ3) is 2.66. The van der Waals surface area contributed by atoms with Crippen LogP contribution in [0.4, 0.5) is 0 Å². The molecule has 4 nitrogen and oxygen atoms in total. The molecule has 2 unspecified atom stereocenters. The van der Waals surface area contributed by atoms with Gasteiger partial charge in [0, 0.05) is 5.02 Å². The molecule has 1 saturated heterocycles. The van der Waals surface area contributed by atoms with Crippen LogP contribution in [0.15, 0.2) is 24.3 Å². The summed E-state index contributed by atoms with van der Waals surface area (Å²) in [6.45, 7) is 5.69. The Morgan fingerprint density at radius 3 is 2.50 bits per heavy atom. The summed E-state index contributed by atoms with van der Waals surface area (Å²) in [7, 11) is 0. The van der Waals surface area contributed by atoms with Crippen LogP contribution in [0.1, 0.15) is 38.8 Å². The number of rotatable bonds is 3. The van der Waals surface area contributed by atoms with E-state index >= 15 is 0 Å². The largest absolute Gasteiger partial charge is 0.340 e. The van der Waals surface area contributed by atoms with E-state index in [2.05, 4.69) is 5.32 Å². The fraction of sp³-hybridized carbons (Fsp3) is 0.467. The van der Waals surface area contributed by atoms with E-state index in [-0.39, 0.29) is 24.4 Å². The zero-order valence-corrected chi connectivity index (χ0v) is 12.7. The Morgan fingerprint density at radius 1 is 1.35 bits per heavy atom. The molecular formula is C15H19ClN2O2. The van der Waals surface area contributed by atoms with Gasteiger partial charge in [-0.05, 0) is 38.0 Å². The van der Waals surface area contributed by atoms with Gasteiger partial charge in [-0.25, -0.2) is 0 Å². The van der Waals surface area contributed by atoms with Crippen molar-refractivity contribution in [3.8, 4) is 0 Å². The van der Waals surface area contributed by atoms with E-state index in [4.69, 9.17) is 11.6 Å². The summed E-state index contributed by atoms with van der Waals surface area (Å²) in [4.78, 5) is 26.1. The molecule has 0 saturated carbocycles. The number of piperazine rings is 1. The average Bonchev–Trinajstić information content (AvgIpc) is 2.43. The fourth-order valence-corrected chi connectivity index (χ4v) is 2.54. The lowest BCUT2D eigenvalue weighted by molar-refractivity contribution is -0.151. The molecule has 20 heavy (non-hydrogen) atoms. The van der Waals surface area contributed by atoms with Gasteiger partial charge in [0.15, 0.2) is 0 Å². The normalized spacial score (nSPS) is 24.5. The lowest BCUT2D eigenvalue weighted by Gasteiger charge is -2.42. The lowest BCUT2D eigenvalue weighted by Crippen LogP contribution is -2.65. The molecule has 1 aliphatic rings. The first-order valence-corrected chi connectivity index (χ1v) is 7.12. The maximum absolute atomic E-state index is 12.6. The van der Waals surface area contributed by atoms with Crippen LogP contribution in [0.5, 0.6) is 0 Å². The smallest absolute Gasteiger partial charge is 0.248 e. The maximum Gasteiger partial charge on any atom is 0.248 e. The summed E-state index contributed by atoms with van der Waals surface area (Å²) in [5.41, 5.74) is 0.159. The first-order chi connectivity index (χ1) is 9.37. The number of carbonyl (C=O) groups excluding carboxylic acids is 2. The van der Waals surface area contributed by atoms with Crippen molar-refractivity contribution in [2.45, 2.75) is 38.8 Å². The van der Waals surface area contributed by atoms with E-state index in [9.17, 15) is 9.59 Å². The fourth-order valence-electron chi connectivity index (χ4n) is 2.42. The number of carbonyl (C=O) groups is 2. The van der Waals surface area contributed by atoms with E-state index in [0.717, 1.165) is 5.56 Å². The Kier molecular flexibility index (Phi) is 4.04. The quantitative estimate of drug-likeness (QED) is 0.931. The van der Waals surface area contributed by atoms with Crippen LogP contribution in [0.25, 0.3) is 0 Å². The van der Waals surface area contributed by atoms with E-state index in [0.29, 0.717) is 11.4 Å². The first kappa shape index (κ1) is 14.9. The molecule has 1 fully saturated rings. The molecule has 0 spiro atoms. The molecular weight excluding hydrogens is 276 g/mol. The second-order valence-electron chi connectivity index (χ2n) is 5.39. The van der Waals surface area contributed by atoms with Gasteiger partial charge in [-0.15, -0.1) is 0 Å². The van der Waals surface area contributed by atoms with Gasteiger partial charge >= 0.3 is 0 Å². The Morgan fingerprint density at radius 2 is 1.95 bits per heavy atom. The minimum absolute atomic E-state index is 0.0398. The van der Waals surface area contributed by atoms with E-state index < -0.39 is 5.54 Å². The van der Waals surface area contributed by atoms with Crippen LogP contribution in [0.2, 0.25) is 5.02 Å². The van der Waals surface area contributed by atoms with Gasteiger partial charge in [0.2, 0.25) is 11.8 Å². The van der Waals surface area contributed by atoms with Crippen LogP contribution in [0.3, 0.4) is 0 Å². The summed E-state index contributed by atoms with van der Waals surface area (Å²) in [5.74, 6) is -0.156. The van der Waals surface area contributed by atoms with Gasteiger partial charge in [0.1, 0.15) is 12.1 Å². The number of nitrogens with zero attached hydrogens (tertiary/aromatic N) is 1. The molecule has 0 aliphatic carbocycles. The monoisotopic (exact) mass is 294 g/mol. The number of hydrogen-bond acceptors (Lipinski definition) is 2. The highest BCUT2D eigenvalue weighted by molar-refractivity contribution is 6.30. The average molecular weight is 295 g/mol. The molecule has 2 amide bonds. The molecule has 0 radical (unpaired) electrons. The van der Waals surface area contributed by atoms with E-state index in [1.165, 1.54) is 0 Å². The third-order valence-corrected chi connectivity index (χ3v) is 4.24. The van der Waals surface area contributed by atoms with Crippen LogP contribution in [-0.4, -0.2) is 28.8 Å². The molecule has 5 heteroatoms. The molecule has 0 aromatic heterocycles. The minimum Gasteiger partial charge on any atom is -0.340 e. The van der Waals surface area contributed by atoms with Crippen molar-refractivity contribution in [1.82, 2.24) is 10.2 Å². The summed E-state index contributed by atoms with van der Waals surface area (Å²) in [5, 5.41) is 3.44. The molecule has 1 aliphatic heterocycles. The zero-order valence-electron chi connectivity index (χ0n) is 11.9. The molecule has 108 valence electrons. The highest BCUT2D eigenvalue weighted by atomic mass is 35.5. The van der Waals surface area contributed by atoms with Crippen LogP contribution >= 0.6 is 11.6 Å². The Bertz CT molecular complexity index is 529. The highest BCUT2D eigenvalue weighted by Gasteiger charge is 2.43. The topological polar surface area (TPSA) is 49.4 Å². The van der Waals surface area contributed by atoms with Crippen LogP contribution in [0, 0.1) is 0 Å². The van der Waals surface area contributed by atoms with Gasteiger partial charge in [-0.1, -0.05) is 30.7 Å². The summed E-state index contributed by atoms with van der Waals surface area (Å²) < 4.78 is 0. The van der Waals surface area contributed by atoms with E-state index in [1.54, 1.807) is 24.0 Å². The molecule has 1 aromatic rings. The second-order valence-corrected chi connectivity index (χ2v) is 5.83. The number of nitrogens with one attached hydrogen (secondary N) is 1. The Balaban J connectivity index is 2.28. The second kappa shape index (κ2) is 5.44. The SMILES string of the molecule is CCC1(C)NC(=O)CN(C(C)c2ccc(Cl)cc2)C1=O. The standard InChI is InChI=1S/C15H19ClN2O2/c1-4-15(3)14(20)18(9-13(19)17-15)10(2)11-5-7-12(16)8-6-11/h5-8,10H,4,9H2,1-3H3,(H,17,19). The van der Waals surface area contributed by atoms with Gasteiger partial charge in [0.05, 0.1) is 6.04 Å². The number of amides is 2. The van der Waals surface area contributed by atoms with Crippen molar-refractivity contribution in [2.24, 2.45) is 0 Å². The molecule has 2 atom stereocenters. The van der Waals surface area contributed by atoms with Crippen molar-refractivity contribution in [3.05, 3.63) is 34.9 Å². The molecule has 1 heterocycles. The van der Waals surface area contributed by atoms with Crippen LogP contribution < -0.4 is 5.32 Å². The van der Waals surface area contributed by atoms with Crippen molar-refractivity contribution >= 4 is 23.4 Å². The van der Waals surface area contributed by atoms with Gasteiger partial charge < -0.3 is 10.2 Å². The van der Waals surface area contributed by atoms with Crippen molar-refractivity contribution < 1.29 is 9.59 Å². The van der Waals surface area contributed by atoms with E-state index in [1.807, 2.05) is 26.0 Å². The number of benzene rings is 1. The van der Waals surface area contributed by atoms with Crippen molar-refractivity contribution in [2.75, 3.05) is 6.54 Å². The predicted molar refractivity (Wildman–Crippen MR) is 78.4 cm³/mol. The van der Waals surface area contributed by atoms with Crippen LogP contribution in [-0.2, 0) is 9.59 Å². The van der Waals surface area contributed by atoms with Crippen molar-refractivity contribution in [1.29, 1.82) is 0 Å². The van der Waals surface area contributed by atoms with Gasteiger partial charge in [-0.3, -0.25) is 9.59 Å². The lowest BCUT2D eigenvalue weighted by atomic mass is 9.92. The van der Waals surface area contributed by atoms with Crippen molar-refractivity contribution in [3.63, 3.8) is 0 Å². The Labute approximate surface area is 124 Å². The Hall–Kier alpha value is -1.55. The summed E-state index contributed by atoms with van der Waals surface area (Å²) in [6, 6.07) is 7.20. The third-order valence-electron chi connectivity index (χ3n) is 3.99. The molecule has 0 bridgehead atoms. The molecule has 1 aromatic carbocycles. The minimum atomic E-state index is -0.810. The molecule has 2 rings (SSSR count). The number of hydrogen-bond donors (Lipinski definition) is 1. The van der Waals surface area contributed by atoms with Gasteiger partial charge in [0.25, 0.3) is 0 Å². The zero-order chi connectivity index (χ0) is 14.9. The first-order valence-electron chi connectivity index (χ1n) is 6.75. The number of halogens is 1. The maximum atomic E-state index is 12.6. The summed E-state index contributed by atoms with van der Waals surface area (Å²) >= 11 is 5.88. The summed E-state index contributed by atoms with van der Waals surface area (Å²) in [6.07, 6.45) is 0.571.